The van der Waals surface area contributed by atoms with E-state index >= 15 is 0 Å². The molecule has 1 atom stereocenters. The number of benzene rings is 7. The number of aliphatic hydroxyl groups excluding tert-OH is 1. The molecule has 7 aromatic carbocycles. The van der Waals surface area contributed by atoms with Gasteiger partial charge in [0.15, 0.2) is 0 Å². The van der Waals surface area contributed by atoms with Gasteiger partial charge in [0, 0.05) is 50.4 Å². The van der Waals surface area contributed by atoms with Crippen LogP contribution in [0.15, 0.2) is 175 Å². The molecule has 0 bridgehead atoms. The van der Waals surface area contributed by atoms with Gasteiger partial charge in [-0.25, -0.2) is 44.7 Å². The minimum Gasteiger partial charge on any atom is -0.410 e. The van der Waals surface area contributed by atoms with Crippen LogP contribution in [0.5, 0.6) is 11.5 Å². The van der Waals surface area contributed by atoms with Crippen molar-refractivity contribution < 1.29 is 72.3 Å². The summed E-state index contributed by atoms with van der Waals surface area (Å²) in [5.41, 5.74) is 12.5. The summed E-state index contributed by atoms with van der Waals surface area (Å²) in [6.45, 7) is 6.87. The Hall–Kier alpha value is -8.50. The fourth-order valence-electron chi connectivity index (χ4n) is 7.01. The lowest BCUT2D eigenvalue weighted by molar-refractivity contribution is 0.101. The Morgan fingerprint density at radius 2 is 0.976 bits per heavy atom. The molecule has 84 heavy (non-hydrogen) atoms. The van der Waals surface area contributed by atoms with E-state index in [4.69, 9.17) is 25.0 Å². The summed E-state index contributed by atoms with van der Waals surface area (Å²) >= 11 is 0. The van der Waals surface area contributed by atoms with Gasteiger partial charge in [0.05, 0.1) is 30.0 Å². The van der Waals surface area contributed by atoms with E-state index in [0.717, 1.165) is 42.0 Å². The normalized spacial score (nSPS) is 10.5. The lowest BCUT2D eigenvalue weighted by Gasteiger charge is -2.24. The summed E-state index contributed by atoms with van der Waals surface area (Å²) in [5.74, 6) is -4.19. The third-order valence-electron chi connectivity index (χ3n) is 10.7. The van der Waals surface area contributed by atoms with Crippen molar-refractivity contribution in [2.45, 2.75) is 43.6 Å². The van der Waals surface area contributed by atoms with Gasteiger partial charge >= 0.3 is 12.2 Å². The van der Waals surface area contributed by atoms with Gasteiger partial charge in [-0.1, -0.05) is 60.2 Å². The molecule has 0 aliphatic heterocycles. The fourth-order valence-corrected chi connectivity index (χ4v) is 7.49. The number of rotatable bonds is 18. The largest absolute Gasteiger partial charge is 0.415 e. The molecule has 14 nitrogen and oxygen atoms in total. The number of amides is 2. The van der Waals surface area contributed by atoms with Crippen LogP contribution in [0, 0.1) is 64.8 Å². The zero-order valence-corrected chi connectivity index (χ0v) is 47.0. The molecule has 7 rings (SSSR count). The van der Waals surface area contributed by atoms with Crippen molar-refractivity contribution in [2.75, 3.05) is 53.4 Å². The number of nitrogens with one attached hydrogen (secondary N) is 1. The molecule has 7 N–H and O–H groups in total. The summed E-state index contributed by atoms with van der Waals surface area (Å²) in [4.78, 5) is 27.3. The maximum atomic E-state index is 13.3. The standard InChI is InChI=1S/C19H22F2N2O3.C18H17F2NO2.C8H9F2N.C8H5F2N.C7H8O3S.CH5N/c1-22-12-17(24)13-23(19(25)26-18-5-3-2-4-6-18)8-7-14-9-15(20)11-16(21)10-14;1-2-9-21(18(22)23-17-6-4-3-5-7-17)10-8-14-11-15(19)13-16(20)12-14;2*9-7-3-6(1-2-11)4-8(10)5-7;1-6-2-4-7(5-3-6)11(8,9)10;1-2/h2-6,9-11,17,22,24H,7-8,12-13H2,1H3;2-7,11-13H,1,8-10H2;3-5H,1-2,11H2;3-5H,1H2;2-5H,1H3,(H,8,9,10);2H2,1H3. The molecule has 0 heterocycles. The lowest BCUT2D eigenvalue weighted by atomic mass is 10.1. The average molecular weight is 1200 g/mol. The number of hydrogen-bond acceptors (Lipinski definition) is 11. The number of aryl methyl sites for hydroxylation is 1. The predicted molar refractivity (Wildman–Crippen MR) is 304 cm³/mol. The van der Waals surface area contributed by atoms with Gasteiger partial charge in [-0.15, -0.1) is 6.58 Å². The molecular weight excluding hydrogens is 1130 g/mol. The van der Waals surface area contributed by atoms with Gasteiger partial charge < -0.3 is 41.2 Å². The predicted octanol–water partition coefficient (Wildman–Crippen LogP) is 11.1. The van der Waals surface area contributed by atoms with Crippen molar-refractivity contribution >= 4 is 22.3 Å². The molecular formula is C61H66F8N6O8S. The maximum absolute atomic E-state index is 13.3. The van der Waals surface area contributed by atoms with Gasteiger partial charge in [-0.2, -0.15) is 13.7 Å². The summed E-state index contributed by atoms with van der Waals surface area (Å²) < 4.78 is 143. The summed E-state index contributed by atoms with van der Waals surface area (Å²) in [7, 11) is -0.834. The van der Waals surface area contributed by atoms with Crippen molar-refractivity contribution in [2.24, 2.45) is 11.5 Å². The van der Waals surface area contributed by atoms with Crippen molar-refractivity contribution in [3.8, 4) is 17.6 Å². The molecule has 0 radical (unpaired) electrons. The Labute approximate surface area is 483 Å². The van der Waals surface area contributed by atoms with E-state index in [9.17, 15) is 58.2 Å². The van der Waals surface area contributed by atoms with E-state index in [1.165, 1.54) is 65.4 Å². The number of nitrogens with two attached hydrogens (primary N) is 2. The molecule has 0 saturated heterocycles. The molecule has 450 valence electrons. The molecule has 0 aromatic heterocycles. The fraction of sp³-hybridized carbons (Fsp3) is 0.230. The lowest BCUT2D eigenvalue weighted by Crippen LogP contribution is -2.43. The Morgan fingerprint density at radius 3 is 1.32 bits per heavy atom. The van der Waals surface area contributed by atoms with E-state index in [0.29, 0.717) is 59.7 Å². The highest BCUT2D eigenvalue weighted by atomic mass is 32.2. The van der Waals surface area contributed by atoms with Crippen LogP contribution in [0.4, 0.5) is 44.7 Å². The van der Waals surface area contributed by atoms with Gasteiger partial charge in [0.25, 0.3) is 10.1 Å². The molecule has 0 saturated carbocycles. The van der Waals surface area contributed by atoms with Crippen LogP contribution >= 0.6 is 0 Å². The average Bonchev–Trinajstić information content (AvgIpc) is 3.54. The second-order valence-corrected chi connectivity index (χ2v) is 18.9. The van der Waals surface area contributed by atoms with E-state index in [2.05, 4.69) is 17.6 Å². The third kappa shape index (κ3) is 30.0. The molecule has 0 fully saturated rings. The molecule has 0 aliphatic rings. The first-order valence-corrected chi connectivity index (χ1v) is 26.9. The SMILES string of the molecule is C=CCN(CCc1cc(F)cc(F)c1)C(=O)Oc1ccccc1.CN.CNCC(O)CN(CCc1cc(F)cc(F)c1)C(=O)Oc1ccccc1.Cc1ccc(S(=O)(=O)O)cc1.N#CCc1cc(F)cc(F)c1.NCCc1cc(F)cc(F)c1. The van der Waals surface area contributed by atoms with Crippen molar-refractivity contribution in [3.63, 3.8) is 0 Å². The van der Waals surface area contributed by atoms with Crippen molar-refractivity contribution in [3.05, 3.63) is 245 Å². The molecule has 0 spiro atoms. The second-order valence-electron chi connectivity index (χ2n) is 17.5. The first-order valence-electron chi connectivity index (χ1n) is 25.5. The van der Waals surface area contributed by atoms with E-state index in [1.807, 2.05) is 13.0 Å². The number of nitriles is 1. The number of carbonyl (C=O) groups excluding carboxylic acids is 2. The van der Waals surface area contributed by atoms with Crippen molar-refractivity contribution in [1.82, 2.24) is 15.1 Å². The highest BCUT2D eigenvalue weighted by molar-refractivity contribution is 7.85. The number of halogens is 8. The van der Waals surface area contributed by atoms with Crippen LogP contribution in [-0.2, 0) is 35.8 Å². The number of likely N-dealkylation sites (N-methyl/N-ethyl adjacent to an activating group) is 1. The molecule has 1 unspecified atom stereocenters. The number of aliphatic hydroxyl groups is 1. The van der Waals surface area contributed by atoms with Crippen LogP contribution in [-0.4, -0.2) is 99.5 Å². The number of hydrogen-bond donors (Lipinski definition) is 5. The Morgan fingerprint density at radius 1 is 0.619 bits per heavy atom. The Bertz CT molecular complexity index is 3180. The van der Waals surface area contributed by atoms with Gasteiger partial charge in [0.2, 0.25) is 0 Å². The molecule has 7 aromatic rings. The van der Waals surface area contributed by atoms with E-state index in [-0.39, 0.29) is 43.9 Å². The third-order valence-corrected chi connectivity index (χ3v) is 11.6. The Kier molecular flexibility index (Phi) is 33.3. The smallest absolute Gasteiger partial charge is 0.410 e. The highest BCUT2D eigenvalue weighted by Crippen LogP contribution is 2.16. The van der Waals surface area contributed by atoms with E-state index < -0.39 is 74.9 Å². The van der Waals surface area contributed by atoms with Crippen LogP contribution in [0.2, 0.25) is 0 Å². The molecule has 2 amide bonds. The Balaban J connectivity index is 0.000000375. The van der Waals surface area contributed by atoms with Crippen LogP contribution in [0.25, 0.3) is 0 Å². The second kappa shape index (κ2) is 39.1. The zero-order valence-electron chi connectivity index (χ0n) is 46.2. The minimum atomic E-state index is -4.02. The van der Waals surface area contributed by atoms with E-state index in [1.54, 1.807) is 85.9 Å². The number of carbonyl (C=O) groups is 2. The molecule has 0 aliphatic carbocycles. The van der Waals surface area contributed by atoms with Crippen LogP contribution < -0.4 is 26.3 Å². The quantitative estimate of drug-likeness (QED) is 0.0308. The monoisotopic (exact) mass is 1190 g/mol. The summed E-state index contributed by atoms with van der Waals surface area (Å²) in [5, 5.41) is 21.0. The van der Waals surface area contributed by atoms with Crippen molar-refractivity contribution in [1.29, 1.82) is 5.26 Å². The van der Waals surface area contributed by atoms with Gasteiger partial charge in [-0.3, -0.25) is 4.55 Å². The first-order chi connectivity index (χ1) is 40.0. The summed E-state index contributed by atoms with van der Waals surface area (Å²) in [6.07, 6.45) is 0.683. The van der Waals surface area contributed by atoms with Gasteiger partial charge in [-0.05, 0) is 154 Å². The first kappa shape index (κ1) is 71.6. The topological polar surface area (TPSA) is 222 Å². The zero-order chi connectivity index (χ0) is 62.6. The van der Waals surface area contributed by atoms with Gasteiger partial charge in [0.1, 0.15) is 58.0 Å². The summed E-state index contributed by atoms with van der Waals surface area (Å²) in [6, 6.07) is 38.0. The number of nitrogens with zero attached hydrogens (tertiary/aromatic N) is 3. The highest BCUT2D eigenvalue weighted by Gasteiger charge is 2.20. The molecule has 23 heteroatoms. The maximum Gasteiger partial charge on any atom is 0.415 e. The van der Waals surface area contributed by atoms with Crippen LogP contribution in [0.1, 0.15) is 27.8 Å². The number of ether oxygens (including phenoxy) is 2. The number of para-hydroxylation sites is 2. The van der Waals surface area contributed by atoms with Crippen LogP contribution in [0.3, 0.4) is 0 Å². The minimum absolute atomic E-state index is 0.0320.